The van der Waals surface area contributed by atoms with E-state index in [-0.39, 0.29) is 11.6 Å². The van der Waals surface area contributed by atoms with Crippen molar-refractivity contribution < 1.29 is 9.59 Å². The van der Waals surface area contributed by atoms with Crippen LogP contribution in [0.25, 0.3) is 0 Å². The third kappa shape index (κ3) is 2.21. The minimum Gasteiger partial charge on any atom is -0.295 e. The van der Waals surface area contributed by atoms with Crippen LogP contribution in [0.3, 0.4) is 0 Å². The highest BCUT2D eigenvalue weighted by Gasteiger charge is 2.26. The van der Waals surface area contributed by atoms with Crippen molar-refractivity contribution in [2.75, 3.05) is 0 Å². The fraction of sp³-hybridized carbons (Fsp3) is 0.333. The van der Waals surface area contributed by atoms with Gasteiger partial charge in [0.2, 0.25) is 0 Å². The van der Waals surface area contributed by atoms with E-state index in [1.54, 1.807) is 0 Å². The summed E-state index contributed by atoms with van der Waals surface area (Å²) >= 11 is 0. The Morgan fingerprint density at radius 2 is 1.88 bits per heavy atom. The van der Waals surface area contributed by atoms with E-state index in [1.807, 2.05) is 38.2 Å². The van der Waals surface area contributed by atoms with Crippen molar-refractivity contribution in [2.24, 2.45) is 0 Å². The molecule has 0 unspecified atom stereocenters. The number of allylic oxidation sites excluding steroid dienone is 8. The Kier molecular flexibility index (Phi) is 3.23. The monoisotopic (exact) mass is 228 g/mol. The van der Waals surface area contributed by atoms with Crippen LogP contribution < -0.4 is 0 Å². The molecule has 0 aromatic heterocycles. The van der Waals surface area contributed by atoms with Crippen molar-refractivity contribution in [3.8, 4) is 0 Å². The third-order valence-corrected chi connectivity index (χ3v) is 3.26. The Morgan fingerprint density at radius 1 is 1.18 bits per heavy atom. The molecular formula is C15H16O2. The summed E-state index contributed by atoms with van der Waals surface area (Å²) in [6.45, 7) is 3.96. The highest BCUT2D eigenvalue weighted by Crippen LogP contribution is 2.29. The molecule has 88 valence electrons. The van der Waals surface area contributed by atoms with Gasteiger partial charge in [-0.3, -0.25) is 9.59 Å². The second kappa shape index (κ2) is 4.66. The molecule has 0 saturated heterocycles. The smallest absolute Gasteiger partial charge is 0.163 e. The summed E-state index contributed by atoms with van der Waals surface area (Å²) < 4.78 is 0. The zero-order valence-electron chi connectivity index (χ0n) is 10.2. The summed E-state index contributed by atoms with van der Waals surface area (Å²) in [7, 11) is 0. The van der Waals surface area contributed by atoms with Crippen LogP contribution >= 0.6 is 0 Å². The molecule has 0 aromatic carbocycles. The van der Waals surface area contributed by atoms with Gasteiger partial charge in [-0.2, -0.15) is 0 Å². The topological polar surface area (TPSA) is 34.1 Å². The van der Waals surface area contributed by atoms with Gasteiger partial charge in [-0.05, 0) is 37.5 Å². The zero-order chi connectivity index (χ0) is 12.4. The van der Waals surface area contributed by atoms with E-state index in [9.17, 15) is 9.59 Å². The molecule has 2 aliphatic carbocycles. The number of hydrogen-bond acceptors (Lipinski definition) is 2. The summed E-state index contributed by atoms with van der Waals surface area (Å²) in [6, 6.07) is 0. The summed E-state index contributed by atoms with van der Waals surface area (Å²) in [5, 5.41) is 0. The van der Waals surface area contributed by atoms with Crippen molar-refractivity contribution in [2.45, 2.75) is 33.1 Å². The van der Waals surface area contributed by atoms with Gasteiger partial charge in [0, 0.05) is 24.0 Å². The molecule has 0 N–H and O–H groups in total. The van der Waals surface area contributed by atoms with Crippen molar-refractivity contribution in [3.63, 3.8) is 0 Å². The molecule has 2 heteroatoms. The summed E-state index contributed by atoms with van der Waals surface area (Å²) in [4.78, 5) is 23.7. The normalized spacial score (nSPS) is 21.3. The summed E-state index contributed by atoms with van der Waals surface area (Å²) in [5.74, 6) is 0.228. The maximum absolute atomic E-state index is 11.9. The fourth-order valence-electron chi connectivity index (χ4n) is 2.22. The van der Waals surface area contributed by atoms with Crippen molar-refractivity contribution in [1.82, 2.24) is 0 Å². The number of hydrogen-bond donors (Lipinski definition) is 0. The molecule has 17 heavy (non-hydrogen) atoms. The Labute approximate surface area is 101 Å². The minimum absolute atomic E-state index is 0.102. The molecule has 0 radical (unpaired) electrons. The van der Waals surface area contributed by atoms with E-state index in [1.165, 1.54) is 0 Å². The van der Waals surface area contributed by atoms with Crippen molar-refractivity contribution >= 4 is 11.6 Å². The molecule has 0 fully saturated rings. The molecule has 2 aliphatic rings. The molecule has 0 amide bonds. The average Bonchev–Trinajstić information content (AvgIpc) is 2.47. The molecule has 0 heterocycles. The number of ketones is 2. The molecule has 0 saturated carbocycles. The van der Waals surface area contributed by atoms with Gasteiger partial charge in [-0.25, -0.2) is 0 Å². The van der Waals surface area contributed by atoms with Crippen LogP contribution in [0, 0.1) is 0 Å². The van der Waals surface area contributed by atoms with Gasteiger partial charge in [0.15, 0.2) is 11.6 Å². The molecule has 0 spiro atoms. The molecular weight excluding hydrogens is 212 g/mol. The number of Topliss-reactive ketones (excluding diaryl/α,β-unsaturated/α-hetero) is 2. The molecule has 0 aliphatic heterocycles. The zero-order valence-corrected chi connectivity index (χ0v) is 10.2. The average molecular weight is 228 g/mol. The Hall–Kier alpha value is -1.70. The van der Waals surface area contributed by atoms with Crippen LogP contribution in [0.5, 0.6) is 0 Å². The number of carbonyl (C=O) groups is 2. The maximum atomic E-state index is 11.9. The predicted molar refractivity (Wildman–Crippen MR) is 67.5 cm³/mol. The minimum atomic E-state index is 0.102. The number of rotatable bonds is 1. The standard InChI is InChI=1S/C15H16O2/c1-3-4-11-9-13-12(6-5-10(11)2)14(16)7-8-15(13)17/h3-5,9H,6-8H2,1-2H3/b4-3-. The van der Waals surface area contributed by atoms with E-state index in [0.29, 0.717) is 30.4 Å². The second-order valence-electron chi connectivity index (χ2n) is 4.43. The van der Waals surface area contributed by atoms with Crippen LogP contribution in [-0.4, -0.2) is 11.6 Å². The van der Waals surface area contributed by atoms with Gasteiger partial charge in [0.05, 0.1) is 0 Å². The Bertz CT molecular complexity index is 499. The molecule has 2 nitrogen and oxygen atoms in total. The summed E-state index contributed by atoms with van der Waals surface area (Å²) in [6.07, 6.45) is 9.15. The third-order valence-electron chi connectivity index (χ3n) is 3.26. The molecule has 0 bridgehead atoms. The van der Waals surface area contributed by atoms with Gasteiger partial charge in [0.1, 0.15) is 0 Å². The van der Waals surface area contributed by atoms with Crippen molar-refractivity contribution in [1.29, 1.82) is 0 Å². The SMILES string of the molecule is C/C=C\C1=CC2=C(CC=C1C)C(=O)CCC2=O. The first-order valence-corrected chi connectivity index (χ1v) is 5.94. The van der Waals surface area contributed by atoms with Gasteiger partial charge >= 0.3 is 0 Å². The van der Waals surface area contributed by atoms with Gasteiger partial charge < -0.3 is 0 Å². The highest BCUT2D eigenvalue weighted by molar-refractivity contribution is 6.13. The van der Waals surface area contributed by atoms with Gasteiger partial charge in [0.25, 0.3) is 0 Å². The van der Waals surface area contributed by atoms with Gasteiger partial charge in [-0.1, -0.05) is 18.2 Å². The molecule has 0 aromatic rings. The lowest BCUT2D eigenvalue weighted by molar-refractivity contribution is -0.122. The van der Waals surface area contributed by atoms with E-state index in [0.717, 1.165) is 11.1 Å². The first-order chi connectivity index (χ1) is 8.13. The number of carbonyl (C=O) groups excluding carboxylic acids is 2. The van der Waals surface area contributed by atoms with Crippen LogP contribution in [-0.2, 0) is 9.59 Å². The van der Waals surface area contributed by atoms with Crippen molar-refractivity contribution in [3.05, 3.63) is 46.6 Å². The lowest BCUT2D eigenvalue weighted by Crippen LogP contribution is -2.18. The van der Waals surface area contributed by atoms with E-state index < -0.39 is 0 Å². The first-order valence-electron chi connectivity index (χ1n) is 5.94. The highest BCUT2D eigenvalue weighted by atomic mass is 16.1. The van der Waals surface area contributed by atoms with Gasteiger partial charge in [-0.15, -0.1) is 0 Å². The van der Waals surface area contributed by atoms with Crippen LogP contribution in [0.1, 0.15) is 33.1 Å². The first kappa shape index (κ1) is 11.8. The fourth-order valence-corrected chi connectivity index (χ4v) is 2.22. The Balaban J connectivity index is 2.55. The molecule has 0 atom stereocenters. The summed E-state index contributed by atoms with van der Waals surface area (Å²) in [5.41, 5.74) is 3.47. The quantitative estimate of drug-likeness (QED) is 0.691. The maximum Gasteiger partial charge on any atom is 0.163 e. The lowest BCUT2D eigenvalue weighted by Gasteiger charge is -2.14. The second-order valence-corrected chi connectivity index (χ2v) is 4.43. The van der Waals surface area contributed by atoms with E-state index >= 15 is 0 Å². The van der Waals surface area contributed by atoms with Crippen LogP contribution in [0.15, 0.2) is 46.6 Å². The van der Waals surface area contributed by atoms with Crippen LogP contribution in [0.4, 0.5) is 0 Å². The predicted octanol–water partition coefficient (Wildman–Crippen LogP) is 3.07. The largest absolute Gasteiger partial charge is 0.295 e. The Morgan fingerprint density at radius 3 is 2.59 bits per heavy atom. The van der Waals surface area contributed by atoms with E-state index in [2.05, 4.69) is 0 Å². The van der Waals surface area contributed by atoms with Crippen LogP contribution in [0.2, 0.25) is 0 Å². The molecule has 2 rings (SSSR count). The lowest BCUT2D eigenvalue weighted by atomic mass is 9.88. The van der Waals surface area contributed by atoms with E-state index in [4.69, 9.17) is 0 Å².